The number of nitrogens with zero attached hydrogens (tertiary/aromatic N) is 3. The number of benzene rings is 1. The van der Waals surface area contributed by atoms with Gasteiger partial charge in [0.05, 0.1) is 24.8 Å². The van der Waals surface area contributed by atoms with Gasteiger partial charge in [-0.05, 0) is 18.2 Å². The van der Waals surface area contributed by atoms with E-state index in [4.69, 9.17) is 9.84 Å². The molecule has 0 bridgehead atoms. The van der Waals surface area contributed by atoms with E-state index in [1.54, 1.807) is 24.3 Å². The highest BCUT2D eigenvalue weighted by Gasteiger charge is 2.27. The highest BCUT2D eigenvalue weighted by atomic mass is 16.5. The number of morpholine rings is 1. The molecule has 8 nitrogen and oxygen atoms in total. The first-order chi connectivity index (χ1) is 12.0. The molecule has 1 fully saturated rings. The van der Waals surface area contributed by atoms with Gasteiger partial charge in [-0.3, -0.25) is 14.4 Å². The highest BCUT2D eigenvalue weighted by Crippen LogP contribution is 2.12. The van der Waals surface area contributed by atoms with Crippen LogP contribution in [0.25, 0.3) is 5.69 Å². The fraction of sp³-hybridized carbons (Fsp3) is 0.294. The van der Waals surface area contributed by atoms with Crippen molar-refractivity contribution in [3.63, 3.8) is 0 Å². The number of carbonyl (C=O) groups excluding carboxylic acids is 1. The second-order valence-corrected chi connectivity index (χ2v) is 5.65. The van der Waals surface area contributed by atoms with E-state index in [1.807, 2.05) is 6.07 Å². The molecule has 3 rings (SSSR count). The van der Waals surface area contributed by atoms with Crippen molar-refractivity contribution in [2.75, 3.05) is 19.7 Å². The summed E-state index contributed by atoms with van der Waals surface area (Å²) in [6.45, 7) is 0.792. The van der Waals surface area contributed by atoms with Crippen LogP contribution in [-0.4, -0.2) is 57.5 Å². The third kappa shape index (κ3) is 3.92. The molecular formula is C17H17N3O5. The van der Waals surface area contributed by atoms with E-state index >= 15 is 0 Å². The monoisotopic (exact) mass is 343 g/mol. The quantitative estimate of drug-likeness (QED) is 0.870. The largest absolute Gasteiger partial charge is 0.481 e. The summed E-state index contributed by atoms with van der Waals surface area (Å²) in [5.41, 5.74) is 0.348. The fourth-order valence-corrected chi connectivity index (χ4v) is 2.66. The molecule has 1 atom stereocenters. The molecule has 0 aliphatic carbocycles. The molecule has 1 N–H and O–H groups in total. The minimum Gasteiger partial charge on any atom is -0.481 e. The van der Waals surface area contributed by atoms with Crippen molar-refractivity contribution >= 4 is 11.9 Å². The van der Waals surface area contributed by atoms with Crippen molar-refractivity contribution in [3.8, 4) is 5.69 Å². The number of ether oxygens (including phenoxy) is 1. The van der Waals surface area contributed by atoms with Gasteiger partial charge in [-0.2, -0.15) is 9.78 Å². The normalized spacial score (nSPS) is 17.3. The van der Waals surface area contributed by atoms with Gasteiger partial charge in [0.15, 0.2) is 0 Å². The maximum atomic E-state index is 12.7. The van der Waals surface area contributed by atoms with Crippen molar-refractivity contribution in [2.45, 2.75) is 12.5 Å². The van der Waals surface area contributed by atoms with Crippen LogP contribution in [0.4, 0.5) is 0 Å². The summed E-state index contributed by atoms with van der Waals surface area (Å²) >= 11 is 0. The Labute approximate surface area is 143 Å². The van der Waals surface area contributed by atoms with Crippen molar-refractivity contribution in [3.05, 3.63) is 58.5 Å². The summed E-state index contributed by atoms with van der Waals surface area (Å²) in [5, 5.41) is 13.0. The molecule has 1 unspecified atom stereocenters. The van der Waals surface area contributed by atoms with Gasteiger partial charge in [0.2, 0.25) is 0 Å². The number of hydrogen-bond acceptors (Lipinski definition) is 5. The van der Waals surface area contributed by atoms with Crippen LogP contribution < -0.4 is 5.56 Å². The topological polar surface area (TPSA) is 102 Å². The van der Waals surface area contributed by atoms with Crippen LogP contribution >= 0.6 is 0 Å². The molecule has 0 spiro atoms. The molecule has 2 aromatic rings. The first kappa shape index (κ1) is 16.8. The molecule has 0 radical (unpaired) electrons. The Morgan fingerprint density at radius 2 is 1.96 bits per heavy atom. The van der Waals surface area contributed by atoms with Crippen LogP contribution in [0.1, 0.15) is 16.9 Å². The number of aromatic nitrogens is 2. The van der Waals surface area contributed by atoms with E-state index in [0.29, 0.717) is 12.2 Å². The van der Waals surface area contributed by atoms with Crippen LogP contribution in [0.3, 0.4) is 0 Å². The van der Waals surface area contributed by atoms with E-state index in [-0.39, 0.29) is 36.7 Å². The number of carboxylic acid groups (broad SMARTS) is 1. The molecule has 25 heavy (non-hydrogen) atoms. The van der Waals surface area contributed by atoms with Gasteiger partial charge in [0.1, 0.15) is 5.69 Å². The molecule has 1 saturated heterocycles. The maximum Gasteiger partial charge on any atom is 0.306 e. The minimum atomic E-state index is -0.977. The second-order valence-electron chi connectivity index (χ2n) is 5.65. The zero-order valence-corrected chi connectivity index (χ0v) is 13.4. The maximum absolute atomic E-state index is 12.7. The summed E-state index contributed by atoms with van der Waals surface area (Å²) in [6.07, 6.45) is -0.712. The van der Waals surface area contributed by atoms with Gasteiger partial charge in [0, 0.05) is 19.2 Å². The van der Waals surface area contributed by atoms with Crippen LogP contribution in [-0.2, 0) is 9.53 Å². The van der Waals surface area contributed by atoms with E-state index in [9.17, 15) is 14.4 Å². The molecule has 1 amide bonds. The van der Waals surface area contributed by atoms with Gasteiger partial charge in [-0.1, -0.05) is 18.2 Å². The van der Waals surface area contributed by atoms with Gasteiger partial charge in [-0.25, -0.2) is 0 Å². The van der Waals surface area contributed by atoms with Gasteiger partial charge < -0.3 is 14.7 Å². The average Bonchev–Trinajstić information content (AvgIpc) is 2.62. The van der Waals surface area contributed by atoms with Gasteiger partial charge >= 0.3 is 5.97 Å². The lowest BCUT2D eigenvalue weighted by Gasteiger charge is -2.32. The third-order valence-corrected chi connectivity index (χ3v) is 3.85. The number of amides is 1. The Bertz CT molecular complexity index is 834. The first-order valence-corrected chi connectivity index (χ1v) is 7.83. The Morgan fingerprint density at radius 3 is 2.68 bits per heavy atom. The predicted molar refractivity (Wildman–Crippen MR) is 87.7 cm³/mol. The molecule has 2 heterocycles. The number of carbonyl (C=O) groups is 2. The van der Waals surface area contributed by atoms with Crippen LogP contribution in [0, 0.1) is 0 Å². The lowest BCUT2D eigenvalue weighted by Crippen LogP contribution is -2.46. The van der Waals surface area contributed by atoms with Gasteiger partial charge in [0.25, 0.3) is 11.5 Å². The molecule has 1 aromatic carbocycles. The first-order valence-electron chi connectivity index (χ1n) is 7.83. The smallest absolute Gasteiger partial charge is 0.306 e. The third-order valence-electron chi connectivity index (χ3n) is 3.85. The Balaban J connectivity index is 1.83. The molecule has 0 saturated carbocycles. The van der Waals surface area contributed by atoms with Gasteiger partial charge in [-0.15, -0.1) is 0 Å². The summed E-state index contributed by atoms with van der Waals surface area (Å²) in [4.78, 5) is 37.0. The van der Waals surface area contributed by atoms with E-state index in [0.717, 1.165) is 0 Å². The zero-order chi connectivity index (χ0) is 17.8. The van der Waals surface area contributed by atoms with E-state index < -0.39 is 12.1 Å². The number of rotatable bonds is 4. The molecule has 1 aliphatic rings. The summed E-state index contributed by atoms with van der Waals surface area (Å²) in [5.74, 6) is -1.33. The Morgan fingerprint density at radius 1 is 1.20 bits per heavy atom. The molecule has 1 aromatic heterocycles. The summed E-state index contributed by atoms with van der Waals surface area (Å²) < 4.78 is 6.54. The second kappa shape index (κ2) is 7.27. The van der Waals surface area contributed by atoms with Crippen molar-refractivity contribution in [1.29, 1.82) is 0 Å². The molecule has 1 aliphatic heterocycles. The molecular weight excluding hydrogens is 326 g/mol. The van der Waals surface area contributed by atoms with E-state index in [2.05, 4.69) is 5.10 Å². The number of aliphatic carboxylic acids is 1. The van der Waals surface area contributed by atoms with Crippen LogP contribution in [0.5, 0.6) is 0 Å². The van der Waals surface area contributed by atoms with Crippen LogP contribution in [0.15, 0.2) is 47.3 Å². The molecule has 130 valence electrons. The Hall–Kier alpha value is -3.00. The Kier molecular flexibility index (Phi) is 4.90. The van der Waals surface area contributed by atoms with E-state index in [1.165, 1.54) is 21.7 Å². The van der Waals surface area contributed by atoms with Crippen LogP contribution in [0.2, 0.25) is 0 Å². The average molecular weight is 343 g/mol. The number of hydrogen-bond donors (Lipinski definition) is 1. The fourth-order valence-electron chi connectivity index (χ4n) is 2.66. The summed E-state index contributed by atoms with van der Waals surface area (Å²) in [6, 6.07) is 11.5. The van der Waals surface area contributed by atoms with Crippen molar-refractivity contribution < 1.29 is 19.4 Å². The number of para-hydroxylation sites is 1. The predicted octanol–water partition coefficient (Wildman–Crippen LogP) is 0.548. The number of carboxylic acids is 1. The highest BCUT2D eigenvalue weighted by molar-refractivity contribution is 5.92. The SMILES string of the molecule is O=C(O)CC1CN(C(=O)c2ccc(=O)n(-c3ccccc3)n2)CCO1. The lowest BCUT2D eigenvalue weighted by atomic mass is 10.2. The van der Waals surface area contributed by atoms with Crippen molar-refractivity contribution in [1.82, 2.24) is 14.7 Å². The van der Waals surface area contributed by atoms with Crippen molar-refractivity contribution in [2.24, 2.45) is 0 Å². The molecule has 8 heteroatoms. The minimum absolute atomic E-state index is 0.124. The standard InChI is InChI=1S/C17H17N3O5/c21-15-7-6-14(18-20(15)12-4-2-1-3-5-12)17(24)19-8-9-25-13(11-19)10-16(22)23/h1-7,13H,8-11H2,(H,22,23). The zero-order valence-electron chi connectivity index (χ0n) is 13.4. The summed E-state index contributed by atoms with van der Waals surface area (Å²) in [7, 11) is 0. The lowest BCUT2D eigenvalue weighted by molar-refractivity contribution is -0.141.